The predicted octanol–water partition coefficient (Wildman–Crippen LogP) is 0.0559. The van der Waals surface area contributed by atoms with E-state index in [4.69, 9.17) is 11.6 Å². The Morgan fingerprint density at radius 1 is 1.59 bits per heavy atom. The van der Waals surface area contributed by atoms with Crippen LogP contribution in [0, 0.1) is 0 Å². The summed E-state index contributed by atoms with van der Waals surface area (Å²) in [4.78, 5) is 3.87. The van der Waals surface area contributed by atoms with Crippen molar-refractivity contribution < 1.29 is 8.42 Å². The molecule has 1 aliphatic heterocycles. The monoisotopic (exact) mass is 278 g/mol. The molecule has 2 heterocycles. The Morgan fingerprint density at radius 2 is 2.29 bits per heavy atom. The van der Waals surface area contributed by atoms with E-state index in [2.05, 4.69) is 10.3 Å². The maximum absolute atomic E-state index is 12.3. The van der Waals surface area contributed by atoms with E-state index in [1.807, 2.05) is 6.92 Å². The Kier molecular flexibility index (Phi) is 3.44. The molecule has 1 saturated heterocycles. The number of nitrogens with zero attached hydrogens (tertiary/aromatic N) is 3. The SMILES string of the molecule is C[C@H]1CNCCN1S(=O)(=O)c1cn(C)c(Cl)n1. The molecule has 0 spiro atoms. The van der Waals surface area contributed by atoms with Gasteiger partial charge in [0.2, 0.25) is 5.28 Å². The summed E-state index contributed by atoms with van der Waals surface area (Å²) in [5.41, 5.74) is 0. The van der Waals surface area contributed by atoms with E-state index < -0.39 is 10.0 Å². The lowest BCUT2D eigenvalue weighted by molar-refractivity contribution is 0.283. The van der Waals surface area contributed by atoms with Crippen molar-refractivity contribution >= 4 is 21.6 Å². The van der Waals surface area contributed by atoms with Gasteiger partial charge in [-0.15, -0.1) is 0 Å². The van der Waals surface area contributed by atoms with Crippen LogP contribution in [0.1, 0.15) is 6.92 Å². The largest absolute Gasteiger partial charge is 0.323 e. The second-order valence-corrected chi connectivity index (χ2v) is 6.30. The van der Waals surface area contributed by atoms with Crippen LogP contribution in [0.2, 0.25) is 5.28 Å². The molecule has 96 valence electrons. The molecule has 1 atom stereocenters. The van der Waals surface area contributed by atoms with Crippen LogP contribution < -0.4 is 5.32 Å². The van der Waals surface area contributed by atoms with Gasteiger partial charge in [0.15, 0.2) is 5.03 Å². The van der Waals surface area contributed by atoms with Crippen LogP contribution >= 0.6 is 11.6 Å². The van der Waals surface area contributed by atoms with Crippen LogP contribution in [0.5, 0.6) is 0 Å². The number of aryl methyl sites for hydroxylation is 1. The van der Waals surface area contributed by atoms with Crippen molar-refractivity contribution in [3.63, 3.8) is 0 Å². The van der Waals surface area contributed by atoms with E-state index in [1.165, 1.54) is 15.1 Å². The zero-order chi connectivity index (χ0) is 12.6. The highest BCUT2D eigenvalue weighted by molar-refractivity contribution is 7.89. The van der Waals surface area contributed by atoms with E-state index in [1.54, 1.807) is 7.05 Å². The summed E-state index contributed by atoms with van der Waals surface area (Å²) >= 11 is 5.77. The fraction of sp³-hybridized carbons (Fsp3) is 0.667. The Bertz CT molecular complexity index is 494. The summed E-state index contributed by atoms with van der Waals surface area (Å²) in [6.07, 6.45) is 1.44. The molecule has 0 aliphatic carbocycles. The molecule has 17 heavy (non-hydrogen) atoms. The molecule has 1 fully saturated rings. The highest BCUT2D eigenvalue weighted by Gasteiger charge is 2.32. The van der Waals surface area contributed by atoms with Crippen LogP contribution in [0.25, 0.3) is 0 Å². The van der Waals surface area contributed by atoms with Gasteiger partial charge >= 0.3 is 0 Å². The number of nitrogens with one attached hydrogen (secondary N) is 1. The first-order valence-corrected chi connectivity index (χ1v) is 7.16. The predicted molar refractivity (Wildman–Crippen MR) is 64.4 cm³/mol. The zero-order valence-electron chi connectivity index (χ0n) is 9.72. The van der Waals surface area contributed by atoms with Gasteiger partial charge in [0.1, 0.15) is 0 Å². The van der Waals surface area contributed by atoms with Gasteiger partial charge in [-0.05, 0) is 18.5 Å². The molecule has 0 bridgehead atoms. The van der Waals surface area contributed by atoms with Crippen molar-refractivity contribution in [2.75, 3.05) is 19.6 Å². The number of imidazole rings is 1. The van der Waals surface area contributed by atoms with Gasteiger partial charge in [-0.25, -0.2) is 13.4 Å². The number of hydrogen-bond acceptors (Lipinski definition) is 4. The molecule has 0 saturated carbocycles. The van der Waals surface area contributed by atoms with E-state index in [9.17, 15) is 8.42 Å². The molecule has 8 heteroatoms. The summed E-state index contributed by atoms with van der Waals surface area (Å²) < 4.78 is 27.6. The van der Waals surface area contributed by atoms with Crippen LogP contribution in [0.4, 0.5) is 0 Å². The van der Waals surface area contributed by atoms with Crippen LogP contribution in [-0.4, -0.2) is 48.0 Å². The molecule has 0 unspecified atom stereocenters. The highest BCUT2D eigenvalue weighted by atomic mass is 35.5. The Morgan fingerprint density at radius 3 is 2.82 bits per heavy atom. The number of rotatable bonds is 2. The van der Waals surface area contributed by atoms with Crippen molar-refractivity contribution in [2.24, 2.45) is 7.05 Å². The summed E-state index contributed by atoms with van der Waals surface area (Å²) in [5, 5.41) is 3.33. The quantitative estimate of drug-likeness (QED) is 0.830. The first-order valence-electron chi connectivity index (χ1n) is 5.34. The Hall–Kier alpha value is -0.630. The third kappa shape index (κ3) is 2.33. The maximum atomic E-state index is 12.3. The fourth-order valence-electron chi connectivity index (χ4n) is 1.84. The number of halogens is 1. The third-order valence-corrected chi connectivity index (χ3v) is 5.05. The molecule has 1 N–H and O–H groups in total. The molecule has 2 rings (SSSR count). The maximum Gasteiger partial charge on any atom is 0.262 e. The highest BCUT2D eigenvalue weighted by Crippen LogP contribution is 2.19. The van der Waals surface area contributed by atoms with Crippen molar-refractivity contribution in [2.45, 2.75) is 18.0 Å². The first-order chi connectivity index (χ1) is 7.93. The first kappa shape index (κ1) is 12.8. The lowest BCUT2D eigenvalue weighted by Crippen LogP contribution is -2.52. The molecule has 1 aromatic rings. The van der Waals surface area contributed by atoms with Gasteiger partial charge in [-0.2, -0.15) is 4.31 Å². The van der Waals surface area contributed by atoms with E-state index >= 15 is 0 Å². The second kappa shape index (κ2) is 4.56. The molecular formula is C9H15ClN4O2S. The van der Waals surface area contributed by atoms with Crippen LogP contribution in [0.15, 0.2) is 11.2 Å². The molecule has 1 aromatic heterocycles. The lowest BCUT2D eigenvalue weighted by atomic mass is 10.3. The summed E-state index contributed by atoms with van der Waals surface area (Å²) in [5.74, 6) is 0. The molecule has 1 aliphatic rings. The smallest absolute Gasteiger partial charge is 0.262 e. The van der Waals surface area contributed by atoms with Gasteiger partial charge in [-0.3, -0.25) is 0 Å². The van der Waals surface area contributed by atoms with Crippen molar-refractivity contribution in [3.05, 3.63) is 11.5 Å². The van der Waals surface area contributed by atoms with Crippen molar-refractivity contribution in [3.8, 4) is 0 Å². The molecule has 6 nitrogen and oxygen atoms in total. The summed E-state index contributed by atoms with van der Waals surface area (Å²) in [6.45, 7) is 3.63. The number of aromatic nitrogens is 2. The van der Waals surface area contributed by atoms with Gasteiger partial charge in [-0.1, -0.05) is 0 Å². The van der Waals surface area contributed by atoms with Crippen molar-refractivity contribution in [1.82, 2.24) is 19.2 Å². The zero-order valence-corrected chi connectivity index (χ0v) is 11.3. The summed E-state index contributed by atoms with van der Waals surface area (Å²) in [7, 11) is -1.87. The molecule has 0 radical (unpaired) electrons. The fourth-order valence-corrected chi connectivity index (χ4v) is 3.64. The normalized spacial score (nSPS) is 22.9. The third-order valence-electron chi connectivity index (χ3n) is 2.81. The van der Waals surface area contributed by atoms with Crippen molar-refractivity contribution in [1.29, 1.82) is 0 Å². The molecular weight excluding hydrogens is 264 g/mol. The minimum Gasteiger partial charge on any atom is -0.323 e. The van der Waals surface area contributed by atoms with Crippen LogP contribution in [0.3, 0.4) is 0 Å². The topological polar surface area (TPSA) is 67.2 Å². The Labute approximate surface area is 106 Å². The number of piperazine rings is 1. The standard InChI is InChI=1S/C9H15ClN4O2S/c1-7-5-11-3-4-14(7)17(15,16)8-6-13(2)9(10)12-8/h6-7,11H,3-5H2,1-2H3/t7-/m0/s1. The van der Waals surface area contributed by atoms with Crippen LogP contribution in [-0.2, 0) is 17.1 Å². The van der Waals surface area contributed by atoms with E-state index in [0.717, 1.165) is 0 Å². The average Bonchev–Trinajstić information content (AvgIpc) is 2.60. The van der Waals surface area contributed by atoms with E-state index in [-0.39, 0.29) is 16.4 Å². The lowest BCUT2D eigenvalue weighted by Gasteiger charge is -2.32. The summed E-state index contributed by atoms with van der Waals surface area (Å²) in [6, 6.07) is -0.0745. The molecule has 0 aromatic carbocycles. The van der Waals surface area contributed by atoms with Gasteiger partial charge in [0.25, 0.3) is 10.0 Å². The minimum absolute atomic E-state index is 0.0127. The van der Waals surface area contributed by atoms with Gasteiger partial charge in [0, 0.05) is 38.9 Å². The van der Waals surface area contributed by atoms with E-state index in [0.29, 0.717) is 19.6 Å². The molecule has 0 amide bonds. The Balaban J connectivity index is 2.35. The van der Waals surface area contributed by atoms with Gasteiger partial charge < -0.3 is 9.88 Å². The van der Waals surface area contributed by atoms with Gasteiger partial charge in [0.05, 0.1) is 0 Å². The number of sulfonamides is 1. The second-order valence-electron chi connectivity index (χ2n) is 4.13. The average molecular weight is 279 g/mol. The number of hydrogen-bond donors (Lipinski definition) is 1. The minimum atomic E-state index is -3.54.